The largest absolute Gasteiger partial charge is 0.368 e. The molecular weight excluding hydrogens is 260 g/mol. The Morgan fingerprint density at radius 3 is 2.94 bits per heavy atom. The molecule has 0 saturated heterocycles. The number of thiophene rings is 1. The molecule has 0 aliphatic carbocycles. The quantitative estimate of drug-likeness (QED) is 0.725. The van der Waals surface area contributed by atoms with Crippen LogP contribution in [0.3, 0.4) is 0 Å². The molecule has 0 aliphatic heterocycles. The van der Waals surface area contributed by atoms with Crippen molar-refractivity contribution in [3.05, 3.63) is 16.6 Å². The number of fused-ring (bicyclic) bond motifs is 1. The Labute approximate surface area is 105 Å². The molecule has 2 N–H and O–H groups in total. The van der Waals surface area contributed by atoms with Crippen molar-refractivity contribution in [2.45, 2.75) is 0 Å². The van der Waals surface area contributed by atoms with E-state index in [0.717, 1.165) is 4.70 Å². The topological polar surface area (TPSA) is 82.5 Å². The summed E-state index contributed by atoms with van der Waals surface area (Å²) in [6.45, 7) is 0. The molecule has 86 valence electrons. The molecule has 0 unspecified atom stereocenters. The standard InChI is InChI=1S/C9H7ClN6S/c1-16-2-5(14-15-16)7-8-6(4(10)3-17-8)12-9(11)13-7/h2-3H,1H3,(H2,11,12,13). The highest BCUT2D eigenvalue weighted by Gasteiger charge is 2.15. The summed E-state index contributed by atoms with van der Waals surface area (Å²) < 4.78 is 2.47. The van der Waals surface area contributed by atoms with Gasteiger partial charge in [-0.1, -0.05) is 16.8 Å². The fourth-order valence-electron chi connectivity index (χ4n) is 1.54. The van der Waals surface area contributed by atoms with Crippen LogP contribution in [0.1, 0.15) is 0 Å². The molecule has 0 fully saturated rings. The number of aromatic nitrogens is 5. The summed E-state index contributed by atoms with van der Waals surface area (Å²) in [6, 6.07) is 0. The summed E-state index contributed by atoms with van der Waals surface area (Å²) in [7, 11) is 1.79. The van der Waals surface area contributed by atoms with Crippen LogP contribution in [0.15, 0.2) is 11.6 Å². The predicted molar refractivity (Wildman–Crippen MR) is 66.8 cm³/mol. The maximum absolute atomic E-state index is 6.03. The zero-order valence-corrected chi connectivity index (χ0v) is 10.3. The van der Waals surface area contributed by atoms with Crippen LogP contribution < -0.4 is 5.73 Å². The molecule has 0 aromatic carbocycles. The lowest BCUT2D eigenvalue weighted by atomic mass is 10.3. The molecular formula is C9H7ClN6S. The van der Waals surface area contributed by atoms with E-state index in [1.165, 1.54) is 11.3 Å². The third kappa shape index (κ3) is 1.63. The van der Waals surface area contributed by atoms with E-state index >= 15 is 0 Å². The number of halogens is 1. The van der Waals surface area contributed by atoms with Crippen LogP contribution in [0.25, 0.3) is 21.6 Å². The van der Waals surface area contributed by atoms with Gasteiger partial charge < -0.3 is 5.73 Å². The van der Waals surface area contributed by atoms with Crippen molar-refractivity contribution in [3.8, 4) is 11.4 Å². The summed E-state index contributed by atoms with van der Waals surface area (Å²) in [4.78, 5) is 8.32. The van der Waals surface area contributed by atoms with Crippen LogP contribution >= 0.6 is 22.9 Å². The smallest absolute Gasteiger partial charge is 0.221 e. The Balaban J connectivity index is 2.35. The molecule has 17 heavy (non-hydrogen) atoms. The normalized spacial score (nSPS) is 11.2. The number of rotatable bonds is 1. The second-order valence-corrected chi connectivity index (χ2v) is 4.76. The zero-order chi connectivity index (χ0) is 12.0. The van der Waals surface area contributed by atoms with Gasteiger partial charge in [-0.15, -0.1) is 16.4 Å². The van der Waals surface area contributed by atoms with Crippen molar-refractivity contribution in [1.29, 1.82) is 0 Å². The molecule has 3 aromatic rings. The van der Waals surface area contributed by atoms with E-state index in [4.69, 9.17) is 17.3 Å². The predicted octanol–water partition coefficient (Wildman–Crippen LogP) is 1.72. The molecule has 0 spiro atoms. The average molecular weight is 267 g/mol. The molecule has 3 rings (SSSR count). The first-order valence-electron chi connectivity index (χ1n) is 4.72. The molecule has 0 saturated carbocycles. The Morgan fingerprint density at radius 1 is 1.41 bits per heavy atom. The van der Waals surface area contributed by atoms with Gasteiger partial charge in [-0.2, -0.15) is 0 Å². The van der Waals surface area contributed by atoms with E-state index in [-0.39, 0.29) is 5.95 Å². The average Bonchev–Trinajstić information content (AvgIpc) is 2.86. The van der Waals surface area contributed by atoms with Crippen molar-refractivity contribution in [2.24, 2.45) is 7.05 Å². The molecule has 3 heterocycles. The van der Waals surface area contributed by atoms with Crippen LogP contribution in [0.5, 0.6) is 0 Å². The highest BCUT2D eigenvalue weighted by Crippen LogP contribution is 2.34. The SMILES string of the molecule is Cn1cc(-c2nc(N)nc3c(Cl)csc23)nn1. The van der Waals surface area contributed by atoms with Crippen LogP contribution in [0.4, 0.5) is 5.95 Å². The maximum atomic E-state index is 6.03. The molecule has 0 amide bonds. The van der Waals surface area contributed by atoms with Gasteiger partial charge in [-0.3, -0.25) is 4.68 Å². The van der Waals surface area contributed by atoms with Gasteiger partial charge in [0.05, 0.1) is 15.9 Å². The van der Waals surface area contributed by atoms with Gasteiger partial charge >= 0.3 is 0 Å². The van der Waals surface area contributed by atoms with Crippen LogP contribution in [0.2, 0.25) is 5.02 Å². The maximum Gasteiger partial charge on any atom is 0.221 e. The van der Waals surface area contributed by atoms with Gasteiger partial charge in [0.2, 0.25) is 5.95 Å². The minimum Gasteiger partial charge on any atom is -0.368 e. The van der Waals surface area contributed by atoms with E-state index in [9.17, 15) is 0 Å². The number of hydrogen-bond donors (Lipinski definition) is 1. The highest BCUT2D eigenvalue weighted by molar-refractivity contribution is 7.18. The van der Waals surface area contributed by atoms with Crippen LogP contribution in [-0.4, -0.2) is 25.0 Å². The Bertz CT molecular complexity index is 703. The fourth-order valence-corrected chi connectivity index (χ4v) is 2.73. The number of nitrogens with zero attached hydrogens (tertiary/aromatic N) is 5. The van der Waals surface area contributed by atoms with Crippen molar-refractivity contribution >= 4 is 39.1 Å². The Hall–Kier alpha value is -1.73. The summed E-state index contributed by atoms with van der Waals surface area (Å²) in [5.74, 6) is 0.179. The summed E-state index contributed by atoms with van der Waals surface area (Å²) in [6.07, 6.45) is 1.77. The monoisotopic (exact) mass is 266 g/mol. The van der Waals surface area contributed by atoms with Gasteiger partial charge in [-0.25, -0.2) is 9.97 Å². The second-order valence-electron chi connectivity index (χ2n) is 3.47. The van der Waals surface area contributed by atoms with Crippen molar-refractivity contribution in [2.75, 3.05) is 5.73 Å². The lowest BCUT2D eigenvalue weighted by molar-refractivity contribution is 0.715. The van der Waals surface area contributed by atoms with Crippen LogP contribution in [-0.2, 0) is 7.05 Å². The van der Waals surface area contributed by atoms with Crippen molar-refractivity contribution < 1.29 is 0 Å². The number of nitrogen functional groups attached to an aromatic ring is 1. The molecule has 0 bridgehead atoms. The fraction of sp³-hybridized carbons (Fsp3) is 0.111. The van der Waals surface area contributed by atoms with E-state index in [1.54, 1.807) is 23.3 Å². The van der Waals surface area contributed by atoms with Gasteiger partial charge in [0.1, 0.15) is 16.9 Å². The lowest BCUT2D eigenvalue weighted by Crippen LogP contribution is -1.96. The van der Waals surface area contributed by atoms with E-state index in [2.05, 4.69) is 20.3 Å². The minimum atomic E-state index is 0.179. The molecule has 3 aromatic heterocycles. The molecule has 6 nitrogen and oxygen atoms in total. The second kappa shape index (κ2) is 3.64. The molecule has 0 aliphatic rings. The van der Waals surface area contributed by atoms with E-state index in [0.29, 0.717) is 21.9 Å². The number of hydrogen-bond acceptors (Lipinski definition) is 6. The van der Waals surface area contributed by atoms with E-state index in [1.807, 2.05) is 0 Å². The first kappa shape index (κ1) is 10.4. The van der Waals surface area contributed by atoms with Gasteiger partial charge in [0.25, 0.3) is 0 Å². The molecule has 8 heteroatoms. The highest BCUT2D eigenvalue weighted by atomic mass is 35.5. The summed E-state index contributed by atoms with van der Waals surface area (Å²) in [5, 5.41) is 10.3. The number of aryl methyl sites for hydroxylation is 1. The lowest BCUT2D eigenvalue weighted by Gasteiger charge is -1.99. The van der Waals surface area contributed by atoms with E-state index < -0.39 is 0 Å². The van der Waals surface area contributed by atoms with Crippen molar-refractivity contribution in [1.82, 2.24) is 25.0 Å². The third-order valence-corrected chi connectivity index (χ3v) is 3.63. The number of anilines is 1. The summed E-state index contributed by atoms with van der Waals surface area (Å²) >= 11 is 7.50. The summed E-state index contributed by atoms with van der Waals surface area (Å²) in [5.41, 5.74) is 7.64. The van der Waals surface area contributed by atoms with Gasteiger partial charge in [-0.05, 0) is 0 Å². The third-order valence-electron chi connectivity index (χ3n) is 2.23. The molecule has 0 radical (unpaired) electrons. The van der Waals surface area contributed by atoms with Gasteiger partial charge in [0, 0.05) is 12.4 Å². The first-order valence-corrected chi connectivity index (χ1v) is 5.98. The zero-order valence-electron chi connectivity index (χ0n) is 8.75. The van der Waals surface area contributed by atoms with Gasteiger partial charge in [0.15, 0.2) is 0 Å². The first-order chi connectivity index (χ1) is 8.15. The Morgan fingerprint density at radius 2 is 2.24 bits per heavy atom. The van der Waals surface area contributed by atoms with Crippen LogP contribution in [0, 0.1) is 0 Å². The minimum absolute atomic E-state index is 0.179. The number of nitrogens with two attached hydrogens (primary N) is 1. The molecule has 0 atom stereocenters. The van der Waals surface area contributed by atoms with Crippen molar-refractivity contribution in [3.63, 3.8) is 0 Å². The Kier molecular flexibility index (Phi) is 2.23.